The summed E-state index contributed by atoms with van der Waals surface area (Å²) in [5.41, 5.74) is 0.330. The van der Waals surface area contributed by atoms with Gasteiger partial charge in [0.25, 0.3) is 5.91 Å². The number of nitrogens with one attached hydrogen (secondary N) is 1. The smallest absolute Gasteiger partial charge is 0.255 e. The molecule has 0 atom stereocenters. The lowest BCUT2D eigenvalue weighted by Crippen LogP contribution is -2.32. The summed E-state index contributed by atoms with van der Waals surface area (Å²) in [6, 6.07) is 11.5. The van der Waals surface area contributed by atoms with E-state index in [1.54, 1.807) is 6.07 Å². The number of benzene rings is 2. The summed E-state index contributed by atoms with van der Waals surface area (Å²) in [6.07, 6.45) is 1.45. The van der Waals surface area contributed by atoms with Gasteiger partial charge in [-0.15, -0.1) is 0 Å². The topological polar surface area (TPSA) is 66.5 Å². The molecule has 0 bridgehead atoms. The molecule has 0 fully saturated rings. The molecule has 0 aromatic heterocycles. The Hall–Kier alpha value is -2.25. The maximum atomic E-state index is 13.6. The van der Waals surface area contributed by atoms with Crippen LogP contribution in [-0.4, -0.2) is 31.7 Å². The number of sulfonamides is 1. The minimum atomic E-state index is -3.59. The third kappa shape index (κ3) is 4.68. The summed E-state index contributed by atoms with van der Waals surface area (Å²) in [6.45, 7) is 4.75. The Balaban J connectivity index is 2.19. The number of halogens is 1. The van der Waals surface area contributed by atoms with Crippen LogP contribution in [0.4, 0.5) is 10.1 Å². The SMILES string of the molecule is CCCN(CCC)S(=O)(=O)c1ccc(C(=O)Nc2ccccc2F)cc1. The minimum absolute atomic E-state index is 0.0752. The van der Waals surface area contributed by atoms with Gasteiger partial charge in [-0.05, 0) is 49.2 Å². The van der Waals surface area contributed by atoms with E-state index >= 15 is 0 Å². The summed E-state index contributed by atoms with van der Waals surface area (Å²) in [7, 11) is -3.59. The molecule has 2 aromatic carbocycles. The number of anilines is 1. The first kappa shape index (κ1) is 20.1. The fourth-order valence-electron chi connectivity index (χ4n) is 2.54. The Bertz CT molecular complexity index is 845. The lowest BCUT2D eigenvalue weighted by atomic mass is 10.2. The highest BCUT2D eigenvalue weighted by Gasteiger charge is 2.23. The molecule has 0 saturated heterocycles. The molecule has 1 N–H and O–H groups in total. The number of amides is 1. The molecule has 2 aromatic rings. The largest absolute Gasteiger partial charge is 0.319 e. The molecule has 0 radical (unpaired) electrons. The van der Waals surface area contributed by atoms with E-state index in [4.69, 9.17) is 0 Å². The van der Waals surface area contributed by atoms with Crippen molar-refractivity contribution in [1.82, 2.24) is 4.31 Å². The van der Waals surface area contributed by atoms with E-state index in [1.807, 2.05) is 13.8 Å². The molecule has 0 aliphatic rings. The molecule has 2 rings (SSSR count). The van der Waals surface area contributed by atoms with Crippen molar-refractivity contribution in [3.05, 3.63) is 59.9 Å². The van der Waals surface area contributed by atoms with Gasteiger partial charge >= 0.3 is 0 Å². The Labute approximate surface area is 153 Å². The third-order valence-electron chi connectivity index (χ3n) is 3.82. The maximum absolute atomic E-state index is 13.6. The molecule has 0 aliphatic carbocycles. The van der Waals surface area contributed by atoms with Gasteiger partial charge in [0.2, 0.25) is 10.0 Å². The highest BCUT2D eigenvalue weighted by Crippen LogP contribution is 2.19. The van der Waals surface area contributed by atoms with Gasteiger partial charge in [-0.3, -0.25) is 4.79 Å². The number of carbonyl (C=O) groups is 1. The molecule has 5 nitrogen and oxygen atoms in total. The van der Waals surface area contributed by atoms with Crippen LogP contribution in [0.25, 0.3) is 0 Å². The van der Waals surface area contributed by atoms with Crippen LogP contribution in [0.2, 0.25) is 0 Å². The summed E-state index contributed by atoms with van der Waals surface area (Å²) < 4.78 is 40.5. The third-order valence-corrected chi connectivity index (χ3v) is 5.74. The highest BCUT2D eigenvalue weighted by molar-refractivity contribution is 7.89. The standard InChI is InChI=1S/C19H23FN2O3S/c1-3-13-22(14-4-2)26(24,25)16-11-9-15(10-12-16)19(23)21-18-8-6-5-7-17(18)20/h5-12H,3-4,13-14H2,1-2H3,(H,21,23). The summed E-state index contributed by atoms with van der Waals surface area (Å²) in [5.74, 6) is -1.03. The molecule has 0 heterocycles. The molecule has 26 heavy (non-hydrogen) atoms. The zero-order valence-electron chi connectivity index (χ0n) is 14.9. The van der Waals surface area contributed by atoms with Crippen LogP contribution in [0.5, 0.6) is 0 Å². The number of carbonyl (C=O) groups excluding carboxylic acids is 1. The Morgan fingerprint density at radius 2 is 1.58 bits per heavy atom. The van der Waals surface area contributed by atoms with Crippen molar-refractivity contribution in [2.75, 3.05) is 18.4 Å². The van der Waals surface area contributed by atoms with Crippen LogP contribution in [0.3, 0.4) is 0 Å². The number of hydrogen-bond acceptors (Lipinski definition) is 3. The molecular weight excluding hydrogens is 355 g/mol. The van der Waals surface area contributed by atoms with Crippen LogP contribution in [0.15, 0.2) is 53.4 Å². The zero-order valence-corrected chi connectivity index (χ0v) is 15.7. The first-order valence-corrected chi connectivity index (χ1v) is 10.00. The molecule has 7 heteroatoms. The molecule has 0 saturated carbocycles. The summed E-state index contributed by atoms with van der Waals surface area (Å²) in [5, 5.41) is 2.47. The van der Waals surface area contributed by atoms with Gasteiger partial charge in [-0.2, -0.15) is 4.31 Å². The van der Waals surface area contributed by atoms with Gasteiger partial charge in [-0.25, -0.2) is 12.8 Å². The van der Waals surface area contributed by atoms with Crippen LogP contribution < -0.4 is 5.32 Å². The Morgan fingerprint density at radius 3 is 2.12 bits per heavy atom. The van der Waals surface area contributed by atoms with Crippen molar-refractivity contribution < 1.29 is 17.6 Å². The first-order chi connectivity index (χ1) is 12.4. The zero-order chi connectivity index (χ0) is 19.2. The average molecular weight is 378 g/mol. The van der Waals surface area contributed by atoms with E-state index in [0.717, 1.165) is 12.8 Å². The van der Waals surface area contributed by atoms with Gasteiger partial charge in [0.1, 0.15) is 5.82 Å². The second-order valence-electron chi connectivity index (χ2n) is 5.86. The van der Waals surface area contributed by atoms with E-state index in [9.17, 15) is 17.6 Å². The quantitative estimate of drug-likeness (QED) is 0.758. The van der Waals surface area contributed by atoms with Gasteiger partial charge in [0.15, 0.2) is 0 Å². The van der Waals surface area contributed by atoms with Crippen molar-refractivity contribution in [2.24, 2.45) is 0 Å². The molecule has 0 aliphatic heterocycles. The van der Waals surface area contributed by atoms with Crippen molar-refractivity contribution in [3.63, 3.8) is 0 Å². The van der Waals surface area contributed by atoms with Crippen LogP contribution in [0, 0.1) is 5.82 Å². The molecular formula is C19H23FN2O3S. The molecule has 140 valence electrons. The van der Waals surface area contributed by atoms with Gasteiger partial charge in [0.05, 0.1) is 10.6 Å². The molecule has 0 unspecified atom stereocenters. The summed E-state index contributed by atoms with van der Waals surface area (Å²) in [4.78, 5) is 12.4. The Kier molecular flexibility index (Phi) is 6.88. The fraction of sp³-hybridized carbons (Fsp3) is 0.316. The second kappa shape index (κ2) is 8.91. The van der Waals surface area contributed by atoms with Crippen molar-refractivity contribution >= 4 is 21.6 Å². The molecule has 1 amide bonds. The van der Waals surface area contributed by atoms with E-state index in [1.165, 1.54) is 46.8 Å². The van der Waals surface area contributed by atoms with Crippen LogP contribution >= 0.6 is 0 Å². The van der Waals surface area contributed by atoms with Gasteiger partial charge < -0.3 is 5.32 Å². The number of hydrogen-bond donors (Lipinski definition) is 1. The number of rotatable bonds is 8. The first-order valence-electron chi connectivity index (χ1n) is 8.56. The minimum Gasteiger partial charge on any atom is -0.319 e. The van der Waals surface area contributed by atoms with Gasteiger partial charge in [-0.1, -0.05) is 26.0 Å². The van der Waals surface area contributed by atoms with E-state index < -0.39 is 21.7 Å². The normalized spacial score (nSPS) is 11.5. The predicted octanol–water partition coefficient (Wildman–Crippen LogP) is 3.89. The second-order valence-corrected chi connectivity index (χ2v) is 7.80. The summed E-state index contributed by atoms with van der Waals surface area (Å²) >= 11 is 0. The molecule has 0 spiro atoms. The Morgan fingerprint density at radius 1 is 1.00 bits per heavy atom. The average Bonchev–Trinajstić information content (AvgIpc) is 2.63. The highest BCUT2D eigenvalue weighted by atomic mass is 32.2. The van der Waals surface area contributed by atoms with E-state index in [0.29, 0.717) is 13.1 Å². The predicted molar refractivity (Wildman–Crippen MR) is 100 cm³/mol. The lowest BCUT2D eigenvalue weighted by Gasteiger charge is -2.21. The maximum Gasteiger partial charge on any atom is 0.255 e. The van der Waals surface area contributed by atoms with Crippen LogP contribution in [-0.2, 0) is 10.0 Å². The van der Waals surface area contributed by atoms with Crippen molar-refractivity contribution in [1.29, 1.82) is 0 Å². The lowest BCUT2D eigenvalue weighted by molar-refractivity contribution is 0.102. The van der Waals surface area contributed by atoms with Gasteiger partial charge in [0, 0.05) is 18.7 Å². The monoisotopic (exact) mass is 378 g/mol. The fourth-order valence-corrected chi connectivity index (χ4v) is 4.16. The van der Waals surface area contributed by atoms with E-state index in [-0.39, 0.29) is 16.1 Å². The van der Waals surface area contributed by atoms with Crippen LogP contribution in [0.1, 0.15) is 37.0 Å². The number of para-hydroxylation sites is 1. The van der Waals surface area contributed by atoms with Crippen molar-refractivity contribution in [2.45, 2.75) is 31.6 Å². The van der Waals surface area contributed by atoms with E-state index in [2.05, 4.69) is 5.32 Å². The number of nitrogens with zero attached hydrogens (tertiary/aromatic N) is 1. The van der Waals surface area contributed by atoms with Crippen molar-refractivity contribution in [3.8, 4) is 0 Å².